The number of hydrogen-bond acceptors (Lipinski definition) is 4. The molecular weight excluding hydrogens is 716 g/mol. The summed E-state index contributed by atoms with van der Waals surface area (Å²) >= 11 is 3.45. The van der Waals surface area contributed by atoms with Crippen molar-refractivity contribution in [3.63, 3.8) is 0 Å². The van der Waals surface area contributed by atoms with E-state index in [9.17, 15) is 13.7 Å². The predicted octanol–water partition coefficient (Wildman–Crippen LogP) is 13.5. The van der Waals surface area contributed by atoms with Crippen LogP contribution in [-0.2, 0) is 32.5 Å². The van der Waals surface area contributed by atoms with Crippen molar-refractivity contribution in [1.82, 2.24) is 0 Å². The van der Waals surface area contributed by atoms with Gasteiger partial charge in [0.1, 0.15) is 0 Å². The van der Waals surface area contributed by atoms with Gasteiger partial charge >= 0.3 is 0 Å². The van der Waals surface area contributed by atoms with E-state index in [1.54, 1.807) is 29.6 Å². The van der Waals surface area contributed by atoms with Crippen LogP contribution in [0.25, 0.3) is 0 Å². The van der Waals surface area contributed by atoms with Crippen LogP contribution >= 0.6 is 22.7 Å². The summed E-state index contributed by atoms with van der Waals surface area (Å²) in [5, 5.41) is 0. The third kappa shape index (κ3) is 5.52. The minimum Gasteiger partial charge on any atom is -0.310 e. The first-order valence-corrected chi connectivity index (χ1v) is 22.1. The Bertz CT molecular complexity index is 2750. The first-order valence-electron chi connectivity index (χ1n) is 25.4. The minimum absolute atomic E-state index is 0.0343. The van der Waals surface area contributed by atoms with Crippen LogP contribution in [0, 0.1) is 6.92 Å². The molecule has 0 N–H and O–H groups in total. The third-order valence-corrected chi connectivity index (χ3v) is 16.4. The van der Waals surface area contributed by atoms with E-state index < -0.39 is 17.5 Å². The first kappa shape index (κ1) is 28.2. The minimum atomic E-state index is -0.707. The van der Waals surface area contributed by atoms with Gasteiger partial charge in [0, 0.05) is 42.1 Å². The maximum atomic E-state index is 10.2. The summed E-state index contributed by atoms with van der Waals surface area (Å²) in [5.41, 5.74) is 3.39. The van der Waals surface area contributed by atoms with Crippen molar-refractivity contribution < 1.29 is 13.7 Å². The van der Waals surface area contributed by atoms with Gasteiger partial charge in [0.15, 0.2) is 0 Å². The van der Waals surface area contributed by atoms with Crippen LogP contribution in [0.1, 0.15) is 174 Å². The Morgan fingerprint density at radius 3 is 1.23 bits per heavy atom. The Morgan fingerprint density at radius 2 is 0.893 bits per heavy atom. The van der Waals surface area contributed by atoms with E-state index in [1.807, 2.05) is 51.3 Å². The topological polar surface area (TPSA) is 6.48 Å². The summed E-state index contributed by atoms with van der Waals surface area (Å²) in [6, 6.07) is -1.31. The van der Waals surface area contributed by atoms with Gasteiger partial charge in [0.25, 0.3) is 6.71 Å². The van der Waals surface area contributed by atoms with Crippen LogP contribution < -0.4 is 24.8 Å². The lowest BCUT2D eigenvalue weighted by atomic mass is 9.38. The zero-order valence-electron chi connectivity index (χ0n) is 46.1. The van der Waals surface area contributed by atoms with Crippen LogP contribution in [0.3, 0.4) is 0 Å². The van der Waals surface area contributed by atoms with Crippen LogP contribution in [0.4, 0.5) is 34.1 Å². The van der Waals surface area contributed by atoms with Crippen molar-refractivity contribution in [2.75, 3.05) is 9.80 Å². The van der Waals surface area contributed by atoms with E-state index in [-0.39, 0.29) is 93.5 Å². The molecule has 2 aromatic heterocycles. The molecule has 0 radical (unpaired) electrons. The predicted molar refractivity (Wildman–Crippen MR) is 249 cm³/mol. The van der Waals surface area contributed by atoms with Crippen molar-refractivity contribution >= 4 is 78.5 Å². The molecule has 5 aromatic rings. The number of rotatable bonds is 2. The van der Waals surface area contributed by atoms with E-state index in [4.69, 9.17) is 0 Å². The highest BCUT2D eigenvalue weighted by molar-refractivity contribution is 7.36. The van der Waals surface area contributed by atoms with Crippen LogP contribution in [-0.4, -0.2) is 6.71 Å². The van der Waals surface area contributed by atoms with Crippen LogP contribution in [0.2, 0.25) is 0 Å². The molecule has 0 fully saturated rings. The molecule has 0 atom stereocenters. The molecule has 0 bridgehead atoms. The largest absolute Gasteiger partial charge is 0.310 e. The van der Waals surface area contributed by atoms with E-state index in [0.717, 1.165) is 57.7 Å². The highest BCUT2D eigenvalue weighted by Crippen LogP contribution is 2.59. The highest BCUT2D eigenvalue weighted by Gasteiger charge is 2.54. The second-order valence-corrected chi connectivity index (χ2v) is 23.7. The quantitative estimate of drug-likeness (QED) is 0.161. The van der Waals surface area contributed by atoms with E-state index in [2.05, 4.69) is 55.4 Å². The molecule has 9 rings (SSSR count). The lowest BCUT2D eigenvalue weighted by Gasteiger charge is -2.46. The van der Waals surface area contributed by atoms with Gasteiger partial charge in [-0.05, 0) is 135 Å². The second-order valence-electron chi connectivity index (χ2n) is 21.6. The van der Waals surface area contributed by atoms with Crippen molar-refractivity contribution in [2.24, 2.45) is 0 Å². The molecule has 2 nitrogen and oxygen atoms in total. The molecule has 2 aliphatic carbocycles. The lowest BCUT2D eigenvalue weighted by molar-refractivity contribution is 0.339. The zero-order chi connectivity index (χ0) is 49.0. The summed E-state index contributed by atoms with van der Waals surface area (Å²) in [6.07, 6.45) is 3.59. The Balaban J connectivity index is 1.56. The monoisotopic (exact) mass is 789 g/mol. The molecule has 4 aliphatic rings. The van der Waals surface area contributed by atoms with Gasteiger partial charge in [0.2, 0.25) is 0 Å². The summed E-state index contributed by atoms with van der Waals surface area (Å²) in [4.78, 5) is 6.07. The summed E-state index contributed by atoms with van der Waals surface area (Å²) < 4.78 is 100. The van der Waals surface area contributed by atoms with Crippen molar-refractivity contribution in [3.05, 3.63) is 98.0 Å². The van der Waals surface area contributed by atoms with Crippen LogP contribution in [0.15, 0.2) is 60.4 Å². The Morgan fingerprint density at radius 1 is 0.554 bits per heavy atom. The normalized spacial score (nSPS) is 22.4. The Kier molecular flexibility index (Phi) is 6.00. The van der Waals surface area contributed by atoms with E-state index in [0.29, 0.717) is 33.5 Å². The number of fused-ring (bicyclic) bond motifs is 8. The molecule has 0 amide bonds. The maximum Gasteiger partial charge on any atom is 0.277 e. The highest BCUT2D eigenvalue weighted by atomic mass is 32.1. The molecular formula is C51H63BN2S2. The number of thiophene rings is 2. The van der Waals surface area contributed by atoms with Gasteiger partial charge in [0.05, 0.1) is 25.1 Å². The standard InChI is InChI=1S/C51H63BN2S2/c1-30-28-35-39-36(29-30)54(34-22-18-32(19-23-34)47(5,6)7)41-38-43(51(14,15)27-25-49(38,10)11)56-45(41)52(39)44-40(37-42(55-44)50(12,13)26-24-48(37,8)9)53(35)33-20-16-31(17-21-33)46(2,3)4/h16-23,28-29H,24-27H2,1-15H3/i16D,17D,18D,19D,20D,21D,22D,23D,28D,29D. The molecule has 3 aromatic carbocycles. The average Bonchev–Trinajstić information content (AvgIpc) is 3.81. The average molecular weight is 789 g/mol. The molecule has 2 aliphatic heterocycles. The first-order chi connectivity index (χ1) is 30.1. The molecule has 56 heavy (non-hydrogen) atoms. The molecule has 0 spiro atoms. The van der Waals surface area contributed by atoms with Gasteiger partial charge in [-0.15, -0.1) is 0 Å². The van der Waals surface area contributed by atoms with Gasteiger partial charge in [-0.1, -0.05) is 121 Å². The smallest absolute Gasteiger partial charge is 0.277 e. The number of anilines is 6. The van der Waals surface area contributed by atoms with Gasteiger partial charge in [-0.25, -0.2) is 0 Å². The number of benzene rings is 3. The Labute approximate surface area is 360 Å². The van der Waals surface area contributed by atoms with Gasteiger partial charge in [-0.3, -0.25) is 0 Å². The van der Waals surface area contributed by atoms with Crippen molar-refractivity contribution in [1.29, 1.82) is 0 Å². The molecule has 292 valence electrons. The molecule has 0 unspecified atom stereocenters. The molecule has 5 heteroatoms. The molecule has 0 saturated carbocycles. The summed E-state index contributed by atoms with van der Waals surface area (Å²) in [6.45, 7) is 30.6. The maximum absolute atomic E-state index is 10.2. The SMILES string of the molecule is [2H]c1c([2H])c(C(C)(C)C)c([2H])c([2H])c1N1c2c([2H])c(C)c([2H])c3c2B(c2sc4c(c21)C(C)(C)CCC4(C)C)c1sc2c(c1N3c1c([2H])c([2H])c(C(C)(C)C)c([2H])c1[2H])C(C)(C)CCC2(C)C. The number of hydrogen-bond donors (Lipinski definition) is 0. The fourth-order valence-electron chi connectivity index (χ4n) is 9.55. The number of nitrogens with zero attached hydrogens (tertiary/aromatic N) is 2. The van der Waals surface area contributed by atoms with Gasteiger partial charge in [-0.2, -0.15) is 22.7 Å². The Hall–Kier alpha value is -3.28. The van der Waals surface area contributed by atoms with E-state index in [1.165, 1.54) is 9.75 Å². The lowest BCUT2D eigenvalue weighted by Crippen LogP contribution is -2.60. The molecule has 4 heterocycles. The third-order valence-electron chi connectivity index (χ3n) is 13.2. The second kappa shape index (κ2) is 11.9. The molecule has 0 saturated heterocycles. The van der Waals surface area contributed by atoms with Crippen molar-refractivity contribution in [2.45, 2.75) is 162 Å². The summed E-state index contributed by atoms with van der Waals surface area (Å²) in [5.74, 6) is 0. The summed E-state index contributed by atoms with van der Waals surface area (Å²) in [7, 11) is 0. The van der Waals surface area contributed by atoms with Crippen molar-refractivity contribution in [3.8, 4) is 0 Å². The fraction of sp³-hybridized carbons (Fsp3) is 0.490. The van der Waals surface area contributed by atoms with Crippen LogP contribution in [0.5, 0.6) is 0 Å². The van der Waals surface area contributed by atoms with E-state index >= 15 is 0 Å². The fourth-order valence-corrected chi connectivity index (χ4v) is 13.1. The van der Waals surface area contributed by atoms with Gasteiger partial charge < -0.3 is 9.80 Å². The zero-order valence-corrected chi connectivity index (χ0v) is 37.7.